The molecule has 0 spiro atoms. The van der Waals surface area contributed by atoms with Crippen molar-refractivity contribution in [2.75, 3.05) is 18.5 Å². The Morgan fingerprint density at radius 3 is 2.59 bits per heavy atom. The van der Waals surface area contributed by atoms with Crippen LogP contribution in [-0.4, -0.2) is 25.2 Å². The average Bonchev–Trinajstić information content (AvgIpc) is 2.69. The lowest BCUT2D eigenvalue weighted by Gasteiger charge is -2.30. The maximum Gasteiger partial charge on any atom is 0.338 e. The zero-order valence-electron chi connectivity index (χ0n) is 16.6. The summed E-state index contributed by atoms with van der Waals surface area (Å²) in [6, 6.07) is 13.0. The van der Waals surface area contributed by atoms with Gasteiger partial charge in [0, 0.05) is 9.26 Å². The number of nitrogens with one attached hydrogen (secondary N) is 3. The number of amides is 2. The summed E-state index contributed by atoms with van der Waals surface area (Å²) in [6.07, 6.45) is 0. The molecule has 0 fully saturated rings. The molecule has 152 valence electrons. The fraction of sp³-hybridized carbons (Fsp3) is 0.273. The summed E-state index contributed by atoms with van der Waals surface area (Å²) in [5, 5.41) is 8.95. The molecule has 29 heavy (non-hydrogen) atoms. The van der Waals surface area contributed by atoms with E-state index in [4.69, 9.17) is 4.74 Å². The molecule has 2 aromatic rings. The number of esters is 1. The van der Waals surface area contributed by atoms with Gasteiger partial charge in [-0.2, -0.15) is 0 Å². The Morgan fingerprint density at radius 2 is 1.90 bits per heavy atom. The first-order valence-corrected chi connectivity index (χ1v) is 10.5. The fourth-order valence-electron chi connectivity index (χ4n) is 3.27. The van der Waals surface area contributed by atoms with Gasteiger partial charge in [-0.15, -0.1) is 0 Å². The number of benzene rings is 2. The van der Waals surface area contributed by atoms with E-state index >= 15 is 0 Å². The van der Waals surface area contributed by atoms with Gasteiger partial charge in [0.05, 0.1) is 30.5 Å². The minimum atomic E-state index is -0.573. The number of ether oxygens (including phenoxy) is 1. The van der Waals surface area contributed by atoms with E-state index in [9.17, 15) is 9.59 Å². The van der Waals surface area contributed by atoms with Crippen molar-refractivity contribution in [3.05, 3.63) is 74.0 Å². The normalized spacial score (nSPS) is 16.1. The van der Waals surface area contributed by atoms with Crippen LogP contribution in [0.3, 0.4) is 0 Å². The molecule has 2 amide bonds. The lowest BCUT2D eigenvalue weighted by molar-refractivity contribution is -0.139. The summed E-state index contributed by atoms with van der Waals surface area (Å²) in [5.41, 5.74) is 4.76. The Labute approximate surface area is 184 Å². The highest BCUT2D eigenvalue weighted by Gasteiger charge is 2.34. The second kappa shape index (κ2) is 9.30. The Hall–Kier alpha value is -2.55. The summed E-state index contributed by atoms with van der Waals surface area (Å²) >= 11 is 2.24. The predicted octanol–water partition coefficient (Wildman–Crippen LogP) is 4.19. The van der Waals surface area contributed by atoms with Gasteiger partial charge in [-0.25, -0.2) is 9.59 Å². The van der Waals surface area contributed by atoms with Gasteiger partial charge < -0.3 is 20.7 Å². The van der Waals surface area contributed by atoms with Crippen LogP contribution in [-0.2, 0) is 9.53 Å². The molecule has 1 aliphatic heterocycles. The highest BCUT2D eigenvalue weighted by Crippen LogP contribution is 2.30. The average molecular weight is 505 g/mol. The summed E-state index contributed by atoms with van der Waals surface area (Å²) in [6.45, 7) is 6.27. The number of halogens is 1. The smallest absolute Gasteiger partial charge is 0.338 e. The molecule has 0 aliphatic carbocycles. The zero-order valence-corrected chi connectivity index (χ0v) is 18.8. The standard InChI is InChI=1S/C22H24IN3O3/c1-4-29-21(27)19-18(12-24-16-9-7-15(23)8-10-16)25-22(28)26-20(19)17-11-13(2)5-6-14(17)3/h5-11,20,24H,4,12H2,1-3H3,(H2,25,26,28)/t20-/m0/s1. The van der Waals surface area contributed by atoms with Crippen molar-refractivity contribution in [1.29, 1.82) is 0 Å². The Balaban J connectivity index is 2.00. The first-order valence-electron chi connectivity index (χ1n) is 9.43. The molecule has 0 bridgehead atoms. The maximum atomic E-state index is 12.9. The number of urea groups is 1. The second-order valence-electron chi connectivity index (χ2n) is 6.86. The van der Waals surface area contributed by atoms with Gasteiger partial charge in [0.1, 0.15) is 0 Å². The van der Waals surface area contributed by atoms with Crippen molar-refractivity contribution in [3.8, 4) is 0 Å². The maximum absolute atomic E-state index is 12.9. The Bertz CT molecular complexity index is 954. The van der Waals surface area contributed by atoms with E-state index in [0.717, 1.165) is 25.9 Å². The minimum absolute atomic E-state index is 0.258. The number of anilines is 1. The third kappa shape index (κ3) is 5.09. The molecule has 3 rings (SSSR count). The quantitative estimate of drug-likeness (QED) is 0.407. The van der Waals surface area contributed by atoms with Crippen LogP contribution in [0.5, 0.6) is 0 Å². The Kier molecular flexibility index (Phi) is 6.79. The third-order valence-corrected chi connectivity index (χ3v) is 5.43. The van der Waals surface area contributed by atoms with Gasteiger partial charge in [-0.05, 0) is 78.8 Å². The van der Waals surface area contributed by atoms with Crippen LogP contribution in [0.1, 0.15) is 29.7 Å². The molecule has 0 aromatic heterocycles. The molecule has 1 heterocycles. The molecule has 6 nitrogen and oxygen atoms in total. The first kappa shape index (κ1) is 21.2. The minimum Gasteiger partial charge on any atom is -0.463 e. The zero-order chi connectivity index (χ0) is 21.0. The molecule has 0 saturated heterocycles. The van der Waals surface area contributed by atoms with Crippen molar-refractivity contribution in [2.24, 2.45) is 0 Å². The second-order valence-corrected chi connectivity index (χ2v) is 8.11. The molecular formula is C22H24IN3O3. The lowest BCUT2D eigenvalue weighted by atomic mass is 9.91. The van der Waals surface area contributed by atoms with E-state index in [1.165, 1.54) is 0 Å². The van der Waals surface area contributed by atoms with Gasteiger partial charge in [0.2, 0.25) is 0 Å². The van der Waals surface area contributed by atoms with Crippen LogP contribution < -0.4 is 16.0 Å². The van der Waals surface area contributed by atoms with Crippen molar-refractivity contribution in [3.63, 3.8) is 0 Å². The molecule has 2 aromatic carbocycles. The van der Waals surface area contributed by atoms with E-state index < -0.39 is 12.0 Å². The molecule has 0 radical (unpaired) electrons. The molecule has 0 saturated carbocycles. The molecule has 0 unspecified atom stereocenters. The number of carbonyl (C=O) groups is 2. The molecule has 7 heteroatoms. The van der Waals surface area contributed by atoms with Crippen LogP contribution in [0, 0.1) is 17.4 Å². The number of hydrogen-bond acceptors (Lipinski definition) is 4. The van der Waals surface area contributed by atoms with Crippen molar-refractivity contribution < 1.29 is 14.3 Å². The van der Waals surface area contributed by atoms with Crippen molar-refractivity contribution >= 4 is 40.3 Å². The van der Waals surface area contributed by atoms with Crippen LogP contribution in [0.15, 0.2) is 53.7 Å². The van der Waals surface area contributed by atoms with E-state index in [-0.39, 0.29) is 12.6 Å². The van der Waals surface area contributed by atoms with Gasteiger partial charge in [0.15, 0.2) is 0 Å². The van der Waals surface area contributed by atoms with E-state index in [1.807, 2.05) is 56.3 Å². The Morgan fingerprint density at radius 1 is 1.17 bits per heavy atom. The number of hydrogen-bond donors (Lipinski definition) is 3. The van der Waals surface area contributed by atoms with Gasteiger partial charge in [-0.1, -0.05) is 23.8 Å². The highest BCUT2D eigenvalue weighted by molar-refractivity contribution is 14.1. The first-order chi connectivity index (χ1) is 13.9. The van der Waals surface area contributed by atoms with Crippen LogP contribution in [0.4, 0.5) is 10.5 Å². The summed E-state index contributed by atoms with van der Waals surface area (Å²) in [4.78, 5) is 25.2. The number of rotatable bonds is 6. The molecule has 1 aliphatic rings. The third-order valence-electron chi connectivity index (χ3n) is 4.71. The van der Waals surface area contributed by atoms with Gasteiger partial charge >= 0.3 is 12.0 Å². The van der Waals surface area contributed by atoms with Crippen molar-refractivity contribution in [2.45, 2.75) is 26.8 Å². The molecule has 3 N–H and O–H groups in total. The summed E-state index contributed by atoms with van der Waals surface area (Å²) in [5.74, 6) is -0.440. The topological polar surface area (TPSA) is 79.5 Å². The number of aryl methyl sites for hydroxylation is 2. The fourth-order valence-corrected chi connectivity index (χ4v) is 3.63. The predicted molar refractivity (Wildman–Crippen MR) is 122 cm³/mol. The van der Waals surface area contributed by atoms with Crippen LogP contribution in [0.2, 0.25) is 0 Å². The van der Waals surface area contributed by atoms with E-state index in [2.05, 4.69) is 38.5 Å². The number of carbonyl (C=O) groups excluding carboxylic acids is 2. The van der Waals surface area contributed by atoms with Crippen molar-refractivity contribution in [1.82, 2.24) is 10.6 Å². The molecule has 1 atom stereocenters. The largest absolute Gasteiger partial charge is 0.463 e. The van der Waals surface area contributed by atoms with E-state index in [1.54, 1.807) is 6.92 Å². The molecular weight excluding hydrogens is 481 g/mol. The van der Waals surface area contributed by atoms with Crippen LogP contribution >= 0.6 is 22.6 Å². The van der Waals surface area contributed by atoms with Gasteiger partial charge in [0.25, 0.3) is 0 Å². The van der Waals surface area contributed by atoms with E-state index in [0.29, 0.717) is 17.8 Å². The SMILES string of the molecule is CCOC(=O)C1=C(CNc2ccc(I)cc2)NC(=O)N[C@H]1c1cc(C)ccc1C. The summed E-state index contributed by atoms with van der Waals surface area (Å²) < 4.78 is 6.45. The lowest BCUT2D eigenvalue weighted by Crippen LogP contribution is -2.47. The monoisotopic (exact) mass is 505 g/mol. The van der Waals surface area contributed by atoms with Crippen LogP contribution in [0.25, 0.3) is 0 Å². The highest BCUT2D eigenvalue weighted by atomic mass is 127. The van der Waals surface area contributed by atoms with Gasteiger partial charge in [-0.3, -0.25) is 0 Å². The summed E-state index contributed by atoms with van der Waals surface area (Å²) in [7, 11) is 0.